The highest BCUT2D eigenvalue weighted by Gasteiger charge is 2.61. The lowest BCUT2D eigenvalue weighted by Gasteiger charge is -2.58. The summed E-state index contributed by atoms with van der Waals surface area (Å²) >= 11 is 0. The van der Waals surface area contributed by atoms with E-state index < -0.39 is 12.2 Å². The van der Waals surface area contributed by atoms with Crippen molar-refractivity contribution in [1.82, 2.24) is 0 Å². The number of Topliss-reactive ketones (excluding diaryl/α,β-unsaturated/α-hetero) is 1. The summed E-state index contributed by atoms with van der Waals surface area (Å²) in [5.41, 5.74) is 1.28. The Kier molecular flexibility index (Phi) is 3.78. The molecule has 8 atom stereocenters. The number of carbonyl (C=O) groups is 1. The van der Waals surface area contributed by atoms with Crippen molar-refractivity contribution in [2.75, 3.05) is 0 Å². The molecule has 0 heterocycles. The van der Waals surface area contributed by atoms with E-state index in [1.54, 1.807) is 0 Å². The van der Waals surface area contributed by atoms with Crippen molar-refractivity contribution >= 4 is 5.78 Å². The third-order valence-corrected chi connectivity index (χ3v) is 8.62. The van der Waals surface area contributed by atoms with Crippen molar-refractivity contribution in [1.29, 1.82) is 0 Å². The van der Waals surface area contributed by atoms with Crippen molar-refractivity contribution in [3.8, 4) is 0 Å². The smallest absolute Gasteiger partial charge is 0.136 e. The van der Waals surface area contributed by atoms with Gasteiger partial charge in [0.2, 0.25) is 0 Å². The van der Waals surface area contributed by atoms with Gasteiger partial charge in [0, 0.05) is 12.3 Å². The molecule has 0 aromatic carbocycles. The standard InChI is InChI=1S/C21H32O3/c1-4-13-18(23)11-16-12-5-6-15-19(24)17(22)8-10-21(15,3)14(12)7-9-20(13,16)2/h6,12-14,16-17,19,22,24H,4-5,7-11H2,1-3H3/t12-,13+,14+,16+,17+,19-,20+,21-/m1/s1. The molecule has 0 aromatic heterocycles. The molecule has 4 rings (SSSR count). The number of allylic oxidation sites excluding steroid dienone is 1. The molecule has 24 heavy (non-hydrogen) atoms. The molecule has 134 valence electrons. The molecule has 3 heteroatoms. The molecule has 0 bridgehead atoms. The number of ketones is 1. The molecular formula is C21H32O3. The van der Waals surface area contributed by atoms with Crippen LogP contribution in [0.3, 0.4) is 0 Å². The fourth-order valence-electron chi connectivity index (χ4n) is 7.30. The van der Waals surface area contributed by atoms with E-state index in [1.165, 1.54) is 0 Å². The number of aliphatic hydroxyl groups excluding tert-OH is 2. The van der Waals surface area contributed by atoms with Gasteiger partial charge in [0.15, 0.2) is 0 Å². The molecule has 3 saturated carbocycles. The second-order valence-corrected chi connectivity index (χ2v) is 9.42. The summed E-state index contributed by atoms with van der Waals surface area (Å²) in [6.07, 6.45) is 7.62. The Balaban J connectivity index is 1.70. The second kappa shape index (κ2) is 5.41. The van der Waals surface area contributed by atoms with Crippen LogP contribution in [-0.4, -0.2) is 28.2 Å². The fraction of sp³-hybridized carbons (Fsp3) is 0.857. The largest absolute Gasteiger partial charge is 0.390 e. The zero-order valence-electron chi connectivity index (χ0n) is 15.3. The molecule has 0 saturated heterocycles. The van der Waals surface area contributed by atoms with Gasteiger partial charge in [0.25, 0.3) is 0 Å². The van der Waals surface area contributed by atoms with E-state index in [9.17, 15) is 15.0 Å². The van der Waals surface area contributed by atoms with Gasteiger partial charge in [-0.05, 0) is 72.7 Å². The van der Waals surface area contributed by atoms with Gasteiger partial charge < -0.3 is 10.2 Å². The number of fused-ring (bicyclic) bond motifs is 5. The maximum absolute atomic E-state index is 12.6. The van der Waals surface area contributed by atoms with E-state index in [0.717, 1.165) is 44.1 Å². The van der Waals surface area contributed by atoms with E-state index in [1.807, 2.05) is 0 Å². The minimum Gasteiger partial charge on any atom is -0.390 e. The Morgan fingerprint density at radius 2 is 1.92 bits per heavy atom. The predicted octanol–water partition coefficient (Wildman–Crippen LogP) is 3.49. The Bertz CT molecular complexity index is 582. The van der Waals surface area contributed by atoms with E-state index in [-0.39, 0.29) is 16.7 Å². The molecule has 0 aromatic rings. The van der Waals surface area contributed by atoms with Gasteiger partial charge in [-0.15, -0.1) is 0 Å². The maximum Gasteiger partial charge on any atom is 0.136 e. The van der Waals surface area contributed by atoms with Gasteiger partial charge >= 0.3 is 0 Å². The van der Waals surface area contributed by atoms with Gasteiger partial charge in [0.1, 0.15) is 11.9 Å². The molecule has 0 unspecified atom stereocenters. The lowest BCUT2D eigenvalue weighted by atomic mass is 9.47. The molecule has 2 N–H and O–H groups in total. The van der Waals surface area contributed by atoms with Gasteiger partial charge in [0.05, 0.1) is 6.10 Å². The lowest BCUT2D eigenvalue weighted by molar-refractivity contribution is -0.122. The first kappa shape index (κ1) is 16.8. The van der Waals surface area contributed by atoms with Crippen molar-refractivity contribution in [2.24, 2.45) is 34.5 Å². The Hall–Kier alpha value is -0.670. The summed E-state index contributed by atoms with van der Waals surface area (Å²) in [4.78, 5) is 12.6. The molecular weight excluding hydrogens is 300 g/mol. The van der Waals surface area contributed by atoms with Crippen LogP contribution in [0.2, 0.25) is 0 Å². The summed E-state index contributed by atoms with van der Waals surface area (Å²) in [6, 6.07) is 0. The van der Waals surface area contributed by atoms with Crippen molar-refractivity contribution < 1.29 is 15.0 Å². The quantitative estimate of drug-likeness (QED) is 0.723. The molecule has 0 radical (unpaired) electrons. The first-order chi connectivity index (χ1) is 11.3. The summed E-state index contributed by atoms with van der Waals surface area (Å²) < 4.78 is 0. The molecule has 0 aliphatic heterocycles. The maximum atomic E-state index is 12.6. The highest BCUT2D eigenvalue weighted by molar-refractivity contribution is 5.84. The number of hydrogen-bond donors (Lipinski definition) is 2. The van der Waals surface area contributed by atoms with Crippen LogP contribution in [0, 0.1) is 34.5 Å². The lowest BCUT2D eigenvalue weighted by Crippen LogP contribution is -2.53. The monoisotopic (exact) mass is 332 g/mol. The van der Waals surface area contributed by atoms with Crippen LogP contribution in [0.25, 0.3) is 0 Å². The van der Waals surface area contributed by atoms with Crippen LogP contribution in [0.15, 0.2) is 11.6 Å². The number of hydrogen-bond acceptors (Lipinski definition) is 3. The average Bonchev–Trinajstić information content (AvgIpc) is 2.81. The first-order valence-corrected chi connectivity index (χ1v) is 9.92. The Labute approximate surface area is 145 Å². The van der Waals surface area contributed by atoms with Gasteiger partial charge in [-0.2, -0.15) is 0 Å². The van der Waals surface area contributed by atoms with Crippen LogP contribution in [-0.2, 0) is 4.79 Å². The molecule has 0 amide bonds. The Morgan fingerprint density at radius 3 is 2.62 bits per heavy atom. The average molecular weight is 332 g/mol. The van der Waals surface area contributed by atoms with E-state index in [2.05, 4.69) is 26.8 Å². The van der Waals surface area contributed by atoms with Gasteiger partial charge in [-0.3, -0.25) is 4.79 Å². The summed E-state index contributed by atoms with van der Waals surface area (Å²) in [6.45, 7) is 6.84. The van der Waals surface area contributed by atoms with Crippen LogP contribution in [0.4, 0.5) is 0 Å². The Morgan fingerprint density at radius 1 is 1.17 bits per heavy atom. The van der Waals surface area contributed by atoms with Crippen molar-refractivity contribution in [3.05, 3.63) is 11.6 Å². The zero-order chi connectivity index (χ0) is 17.3. The van der Waals surface area contributed by atoms with E-state index in [0.29, 0.717) is 30.0 Å². The predicted molar refractivity (Wildman–Crippen MR) is 93.3 cm³/mol. The van der Waals surface area contributed by atoms with Gasteiger partial charge in [-0.25, -0.2) is 0 Å². The minimum atomic E-state index is -0.688. The molecule has 4 aliphatic carbocycles. The zero-order valence-corrected chi connectivity index (χ0v) is 15.3. The molecule has 4 aliphatic rings. The van der Waals surface area contributed by atoms with Crippen LogP contribution < -0.4 is 0 Å². The highest BCUT2D eigenvalue weighted by atomic mass is 16.3. The van der Waals surface area contributed by atoms with E-state index in [4.69, 9.17) is 0 Å². The highest BCUT2D eigenvalue weighted by Crippen LogP contribution is 2.65. The summed E-state index contributed by atoms with van der Waals surface area (Å²) in [7, 11) is 0. The van der Waals surface area contributed by atoms with Gasteiger partial charge in [-0.1, -0.05) is 26.8 Å². The molecule has 3 nitrogen and oxygen atoms in total. The number of rotatable bonds is 1. The van der Waals surface area contributed by atoms with Crippen molar-refractivity contribution in [2.45, 2.75) is 77.9 Å². The van der Waals surface area contributed by atoms with Crippen molar-refractivity contribution in [3.63, 3.8) is 0 Å². The van der Waals surface area contributed by atoms with Crippen LogP contribution in [0.1, 0.15) is 65.7 Å². The summed E-state index contributed by atoms with van der Waals surface area (Å²) in [5.74, 6) is 2.37. The SMILES string of the molecule is CC[C@H]1C(=O)C[C@H]2[C@@H]3CC=C4[C@@H](O)[C@@H](O)CC[C@]4(C)[C@H]3CC[C@@]12C. The van der Waals surface area contributed by atoms with E-state index >= 15 is 0 Å². The first-order valence-electron chi connectivity index (χ1n) is 9.92. The topological polar surface area (TPSA) is 57.5 Å². The normalized spacial score (nSPS) is 53.9. The van der Waals surface area contributed by atoms with Crippen LogP contribution >= 0.6 is 0 Å². The second-order valence-electron chi connectivity index (χ2n) is 9.42. The summed E-state index contributed by atoms with van der Waals surface area (Å²) in [5, 5.41) is 20.6. The molecule has 3 fully saturated rings. The van der Waals surface area contributed by atoms with Crippen LogP contribution in [0.5, 0.6) is 0 Å². The molecule has 0 spiro atoms. The fourth-order valence-corrected chi connectivity index (χ4v) is 7.30. The third-order valence-electron chi connectivity index (χ3n) is 8.62. The number of carbonyl (C=O) groups excluding carboxylic acids is 1. The third kappa shape index (κ3) is 2.00. The minimum absolute atomic E-state index is 0.0102. The number of aliphatic hydroxyl groups is 2.